The van der Waals surface area contributed by atoms with Crippen LogP contribution in [0, 0.1) is 11.3 Å². The van der Waals surface area contributed by atoms with Gasteiger partial charge in [-0.25, -0.2) is 0 Å². The van der Waals surface area contributed by atoms with Crippen LogP contribution < -0.4 is 5.32 Å². The van der Waals surface area contributed by atoms with Crippen molar-refractivity contribution in [2.75, 3.05) is 5.32 Å². The van der Waals surface area contributed by atoms with E-state index in [1.54, 1.807) is 18.2 Å². The molecule has 2 aromatic rings. The van der Waals surface area contributed by atoms with Crippen molar-refractivity contribution in [2.45, 2.75) is 0 Å². The summed E-state index contributed by atoms with van der Waals surface area (Å²) in [6.07, 6.45) is 0. The number of nitrogens with zero attached hydrogens (tertiary/aromatic N) is 1. The molecule has 0 fully saturated rings. The molecule has 0 heterocycles. The van der Waals surface area contributed by atoms with Crippen molar-refractivity contribution in [3.8, 4) is 17.6 Å². The van der Waals surface area contributed by atoms with Crippen LogP contribution in [0.25, 0.3) is 0 Å². The van der Waals surface area contributed by atoms with Gasteiger partial charge in [-0.3, -0.25) is 4.79 Å². The first-order valence-corrected chi connectivity index (χ1v) is 6.33. The molecule has 0 saturated heterocycles. The predicted octanol–water partition coefficient (Wildman–Crippen LogP) is 2.98. The molecule has 0 atom stereocenters. The van der Waals surface area contributed by atoms with E-state index < -0.39 is 5.91 Å². The second-order valence-corrected chi connectivity index (χ2v) is 4.91. The summed E-state index contributed by atoms with van der Waals surface area (Å²) in [5, 5.41) is 30.3. The topological polar surface area (TPSA) is 93.4 Å². The number of rotatable bonds is 2. The second-order valence-electron chi connectivity index (χ2n) is 3.99. The number of amides is 1. The Morgan fingerprint density at radius 2 is 1.80 bits per heavy atom. The van der Waals surface area contributed by atoms with Crippen molar-refractivity contribution >= 4 is 27.5 Å². The predicted molar refractivity (Wildman–Crippen MR) is 76.6 cm³/mol. The third-order valence-corrected chi connectivity index (χ3v) is 3.01. The molecule has 6 heteroatoms. The molecule has 1 amide bonds. The molecular weight excluding hydrogens is 324 g/mol. The lowest BCUT2D eigenvalue weighted by Crippen LogP contribution is -2.12. The molecule has 2 rings (SSSR count). The van der Waals surface area contributed by atoms with Crippen molar-refractivity contribution in [1.29, 1.82) is 5.26 Å². The Balaban J connectivity index is 2.32. The van der Waals surface area contributed by atoms with Crippen LogP contribution in [0.4, 0.5) is 5.69 Å². The highest BCUT2D eigenvalue weighted by atomic mass is 79.9. The molecule has 0 saturated carbocycles. The number of carbonyl (C=O) groups excluding carboxylic acids is 1. The van der Waals surface area contributed by atoms with E-state index in [4.69, 9.17) is 5.26 Å². The number of phenols is 2. The number of nitriles is 1. The average molecular weight is 333 g/mol. The number of anilines is 1. The minimum atomic E-state index is -0.536. The molecule has 0 unspecified atom stereocenters. The van der Waals surface area contributed by atoms with Crippen LogP contribution in [0.15, 0.2) is 40.9 Å². The Morgan fingerprint density at radius 1 is 1.15 bits per heavy atom. The van der Waals surface area contributed by atoms with Gasteiger partial charge in [0.15, 0.2) is 0 Å². The van der Waals surface area contributed by atoms with E-state index in [1.165, 1.54) is 12.1 Å². The Bertz CT molecular complexity index is 703. The summed E-state index contributed by atoms with van der Waals surface area (Å²) < 4.78 is 0.713. The number of carbonyl (C=O) groups is 1. The zero-order chi connectivity index (χ0) is 14.7. The lowest BCUT2D eigenvalue weighted by molar-refractivity contribution is 0.102. The molecule has 0 aliphatic carbocycles. The van der Waals surface area contributed by atoms with Crippen LogP contribution in [-0.4, -0.2) is 16.1 Å². The minimum Gasteiger partial charge on any atom is -0.508 e. The van der Waals surface area contributed by atoms with Gasteiger partial charge in [-0.15, -0.1) is 0 Å². The van der Waals surface area contributed by atoms with Gasteiger partial charge in [-0.1, -0.05) is 15.9 Å². The summed E-state index contributed by atoms with van der Waals surface area (Å²) in [4.78, 5) is 12.0. The molecular formula is C14H9BrN2O3. The van der Waals surface area contributed by atoms with E-state index in [2.05, 4.69) is 21.2 Å². The first-order valence-electron chi connectivity index (χ1n) is 5.53. The SMILES string of the molecule is N#Cc1ccc(Br)cc1NC(=O)c1cc(O)cc(O)c1. The fourth-order valence-electron chi connectivity index (χ4n) is 1.64. The molecule has 20 heavy (non-hydrogen) atoms. The summed E-state index contributed by atoms with van der Waals surface area (Å²) in [6.45, 7) is 0. The fourth-order valence-corrected chi connectivity index (χ4v) is 2.00. The molecule has 0 radical (unpaired) electrons. The lowest BCUT2D eigenvalue weighted by atomic mass is 10.1. The highest BCUT2D eigenvalue weighted by molar-refractivity contribution is 9.10. The van der Waals surface area contributed by atoms with E-state index in [-0.39, 0.29) is 17.1 Å². The number of halogens is 1. The van der Waals surface area contributed by atoms with Crippen molar-refractivity contribution < 1.29 is 15.0 Å². The normalized spacial score (nSPS) is 9.80. The van der Waals surface area contributed by atoms with Gasteiger partial charge < -0.3 is 15.5 Å². The number of benzene rings is 2. The van der Waals surface area contributed by atoms with Crippen molar-refractivity contribution in [3.63, 3.8) is 0 Å². The third kappa shape index (κ3) is 3.08. The van der Waals surface area contributed by atoms with Gasteiger partial charge in [-0.2, -0.15) is 5.26 Å². The van der Waals surface area contributed by atoms with E-state index in [0.29, 0.717) is 15.7 Å². The van der Waals surface area contributed by atoms with Gasteiger partial charge in [0.2, 0.25) is 0 Å². The summed E-state index contributed by atoms with van der Waals surface area (Å²) in [6, 6.07) is 10.4. The van der Waals surface area contributed by atoms with Gasteiger partial charge in [0.05, 0.1) is 11.3 Å². The highest BCUT2D eigenvalue weighted by Gasteiger charge is 2.11. The number of hydrogen-bond acceptors (Lipinski definition) is 4. The molecule has 2 aromatic carbocycles. The van der Waals surface area contributed by atoms with Gasteiger partial charge in [0.1, 0.15) is 17.6 Å². The maximum atomic E-state index is 12.0. The standard InChI is InChI=1S/C14H9BrN2O3/c15-10-2-1-8(7-16)13(5-10)17-14(20)9-3-11(18)6-12(19)4-9/h1-6,18-19H,(H,17,20). The van der Waals surface area contributed by atoms with Crippen LogP contribution in [0.5, 0.6) is 11.5 Å². The summed E-state index contributed by atoms with van der Waals surface area (Å²) in [5.74, 6) is -0.972. The Morgan fingerprint density at radius 3 is 2.40 bits per heavy atom. The number of phenolic OH excluding ortho intramolecular Hbond substituents is 2. The van der Waals surface area contributed by atoms with Crippen LogP contribution in [0.1, 0.15) is 15.9 Å². The van der Waals surface area contributed by atoms with E-state index >= 15 is 0 Å². The van der Waals surface area contributed by atoms with E-state index in [0.717, 1.165) is 6.07 Å². The zero-order valence-electron chi connectivity index (χ0n) is 10.1. The highest BCUT2D eigenvalue weighted by Crippen LogP contribution is 2.24. The Kier molecular flexibility index (Phi) is 3.91. The Labute approximate surface area is 123 Å². The molecule has 0 aromatic heterocycles. The molecule has 0 aliphatic heterocycles. The third-order valence-electron chi connectivity index (χ3n) is 2.51. The second kappa shape index (κ2) is 5.63. The van der Waals surface area contributed by atoms with Crippen LogP contribution in [0.3, 0.4) is 0 Å². The van der Waals surface area contributed by atoms with Gasteiger partial charge in [0, 0.05) is 16.1 Å². The largest absolute Gasteiger partial charge is 0.508 e. The molecule has 3 N–H and O–H groups in total. The fraction of sp³-hybridized carbons (Fsp3) is 0. The first-order chi connectivity index (χ1) is 9.49. The van der Waals surface area contributed by atoms with E-state index in [1.807, 2.05) is 6.07 Å². The zero-order valence-corrected chi connectivity index (χ0v) is 11.7. The Hall–Kier alpha value is -2.52. The summed E-state index contributed by atoms with van der Waals surface area (Å²) in [7, 11) is 0. The average Bonchev–Trinajstić information content (AvgIpc) is 2.37. The number of aromatic hydroxyl groups is 2. The molecule has 0 bridgehead atoms. The molecule has 0 aliphatic rings. The van der Waals surface area contributed by atoms with Crippen LogP contribution in [0.2, 0.25) is 0 Å². The van der Waals surface area contributed by atoms with Gasteiger partial charge in [0.25, 0.3) is 5.91 Å². The maximum Gasteiger partial charge on any atom is 0.255 e. The molecule has 100 valence electrons. The lowest BCUT2D eigenvalue weighted by Gasteiger charge is -2.08. The van der Waals surface area contributed by atoms with Gasteiger partial charge >= 0.3 is 0 Å². The number of nitrogens with one attached hydrogen (secondary N) is 1. The first kappa shape index (κ1) is 13.9. The number of hydrogen-bond donors (Lipinski definition) is 3. The summed E-state index contributed by atoms with van der Waals surface area (Å²) >= 11 is 3.25. The van der Waals surface area contributed by atoms with Crippen molar-refractivity contribution in [2.24, 2.45) is 0 Å². The van der Waals surface area contributed by atoms with E-state index in [9.17, 15) is 15.0 Å². The molecule has 5 nitrogen and oxygen atoms in total. The van der Waals surface area contributed by atoms with Crippen LogP contribution >= 0.6 is 15.9 Å². The quantitative estimate of drug-likeness (QED) is 0.788. The minimum absolute atomic E-state index is 0.0892. The van der Waals surface area contributed by atoms with Crippen molar-refractivity contribution in [3.05, 3.63) is 52.0 Å². The summed E-state index contributed by atoms with van der Waals surface area (Å²) in [5.41, 5.74) is 0.743. The smallest absolute Gasteiger partial charge is 0.255 e. The monoisotopic (exact) mass is 332 g/mol. The maximum absolute atomic E-state index is 12.0. The van der Waals surface area contributed by atoms with Crippen LogP contribution in [-0.2, 0) is 0 Å². The van der Waals surface area contributed by atoms with Crippen molar-refractivity contribution in [1.82, 2.24) is 0 Å². The molecule has 0 spiro atoms. The van der Waals surface area contributed by atoms with Gasteiger partial charge in [-0.05, 0) is 30.3 Å².